The van der Waals surface area contributed by atoms with E-state index < -0.39 is 10.0 Å². The second-order valence-corrected chi connectivity index (χ2v) is 10.7. The summed E-state index contributed by atoms with van der Waals surface area (Å²) in [5.74, 6) is 1.01. The molecular weight excluding hydrogens is 436 g/mol. The van der Waals surface area contributed by atoms with E-state index in [9.17, 15) is 13.2 Å². The van der Waals surface area contributed by atoms with Crippen molar-refractivity contribution in [2.24, 2.45) is 5.92 Å². The quantitative estimate of drug-likeness (QED) is 0.422. The summed E-state index contributed by atoms with van der Waals surface area (Å²) in [6, 6.07) is 14.2. The van der Waals surface area contributed by atoms with Crippen LogP contribution in [0.5, 0.6) is 5.75 Å². The van der Waals surface area contributed by atoms with Gasteiger partial charge in [-0.1, -0.05) is 51.3 Å². The molecule has 1 amide bonds. The van der Waals surface area contributed by atoms with Gasteiger partial charge in [0.2, 0.25) is 10.0 Å². The zero-order valence-electron chi connectivity index (χ0n) is 20.5. The van der Waals surface area contributed by atoms with Gasteiger partial charge < -0.3 is 10.1 Å². The third-order valence-corrected chi connectivity index (χ3v) is 6.66. The van der Waals surface area contributed by atoms with Crippen molar-refractivity contribution in [3.63, 3.8) is 0 Å². The third-order valence-electron chi connectivity index (χ3n) is 5.51. The molecule has 0 aromatic heterocycles. The van der Waals surface area contributed by atoms with E-state index in [1.165, 1.54) is 17.0 Å². The second-order valence-electron chi connectivity index (χ2n) is 8.76. The molecule has 0 unspecified atom stereocenters. The molecule has 1 N–H and O–H groups in total. The minimum atomic E-state index is -3.52. The Hall–Kier alpha value is -2.54. The summed E-state index contributed by atoms with van der Waals surface area (Å²) in [7, 11) is -3.52. The van der Waals surface area contributed by atoms with Crippen LogP contribution in [0.25, 0.3) is 0 Å². The first-order valence-electron chi connectivity index (χ1n) is 11.8. The van der Waals surface area contributed by atoms with Crippen LogP contribution in [0, 0.1) is 5.92 Å². The zero-order valence-corrected chi connectivity index (χ0v) is 21.3. The van der Waals surface area contributed by atoms with E-state index in [0.29, 0.717) is 29.5 Å². The SMILES string of the molecule is CCCC[C@@H](CC)CNC(=O)c1ccc(CN(c2cccc(OC(C)C)c2)S(C)(=O)=O)cc1. The summed E-state index contributed by atoms with van der Waals surface area (Å²) >= 11 is 0. The lowest BCUT2D eigenvalue weighted by molar-refractivity contribution is 0.0945. The van der Waals surface area contributed by atoms with E-state index in [-0.39, 0.29) is 18.6 Å². The van der Waals surface area contributed by atoms with Crippen LogP contribution in [0.1, 0.15) is 69.3 Å². The topological polar surface area (TPSA) is 75.7 Å². The van der Waals surface area contributed by atoms with E-state index in [2.05, 4.69) is 19.2 Å². The number of ether oxygens (including phenoxy) is 1. The highest BCUT2D eigenvalue weighted by atomic mass is 32.2. The molecule has 0 bridgehead atoms. The summed E-state index contributed by atoms with van der Waals surface area (Å²) in [5, 5.41) is 3.03. The van der Waals surface area contributed by atoms with Crippen molar-refractivity contribution in [2.45, 2.75) is 66.0 Å². The Kier molecular flexibility index (Phi) is 10.2. The van der Waals surface area contributed by atoms with Crippen molar-refractivity contribution in [2.75, 3.05) is 17.1 Å². The maximum atomic E-state index is 12.5. The monoisotopic (exact) mass is 474 g/mol. The van der Waals surface area contributed by atoms with Crippen LogP contribution in [-0.4, -0.2) is 33.2 Å². The van der Waals surface area contributed by atoms with Gasteiger partial charge in [0.1, 0.15) is 5.75 Å². The average Bonchev–Trinajstić information content (AvgIpc) is 2.76. The Labute approximate surface area is 199 Å². The molecule has 0 aliphatic heterocycles. The number of carbonyl (C=O) groups excluding carboxylic acids is 1. The van der Waals surface area contributed by atoms with Crippen molar-refractivity contribution >= 4 is 21.6 Å². The molecule has 0 saturated heterocycles. The van der Waals surface area contributed by atoms with Crippen molar-refractivity contribution in [1.82, 2.24) is 5.32 Å². The lowest BCUT2D eigenvalue weighted by atomic mass is 9.99. The number of amides is 1. The van der Waals surface area contributed by atoms with Crippen LogP contribution in [0.15, 0.2) is 48.5 Å². The molecule has 1 atom stereocenters. The number of sulfonamides is 1. The van der Waals surface area contributed by atoms with Crippen molar-refractivity contribution in [3.8, 4) is 5.75 Å². The molecule has 2 aromatic rings. The van der Waals surface area contributed by atoms with E-state index in [4.69, 9.17) is 4.74 Å². The van der Waals surface area contributed by atoms with Crippen LogP contribution < -0.4 is 14.4 Å². The van der Waals surface area contributed by atoms with Crippen LogP contribution in [0.3, 0.4) is 0 Å². The van der Waals surface area contributed by atoms with Gasteiger partial charge in [-0.25, -0.2) is 8.42 Å². The van der Waals surface area contributed by atoms with Gasteiger partial charge in [0, 0.05) is 18.2 Å². The molecule has 2 rings (SSSR count). The van der Waals surface area contributed by atoms with Gasteiger partial charge in [-0.3, -0.25) is 9.10 Å². The lowest BCUT2D eigenvalue weighted by Crippen LogP contribution is -2.30. The van der Waals surface area contributed by atoms with Crippen LogP contribution in [0.2, 0.25) is 0 Å². The van der Waals surface area contributed by atoms with Crippen molar-refractivity contribution in [3.05, 3.63) is 59.7 Å². The highest BCUT2D eigenvalue weighted by Gasteiger charge is 2.19. The highest BCUT2D eigenvalue weighted by Crippen LogP contribution is 2.26. The Morgan fingerprint density at radius 1 is 1.09 bits per heavy atom. The smallest absolute Gasteiger partial charge is 0.251 e. The zero-order chi connectivity index (χ0) is 24.4. The molecule has 0 heterocycles. The van der Waals surface area contributed by atoms with Gasteiger partial charge >= 0.3 is 0 Å². The number of nitrogens with zero attached hydrogens (tertiary/aromatic N) is 1. The maximum Gasteiger partial charge on any atom is 0.251 e. The van der Waals surface area contributed by atoms with Crippen LogP contribution in [0.4, 0.5) is 5.69 Å². The fraction of sp³-hybridized carbons (Fsp3) is 0.500. The van der Waals surface area contributed by atoms with Crippen LogP contribution in [-0.2, 0) is 16.6 Å². The number of hydrogen-bond donors (Lipinski definition) is 1. The Morgan fingerprint density at radius 3 is 2.36 bits per heavy atom. The Morgan fingerprint density at radius 2 is 1.79 bits per heavy atom. The summed E-state index contributed by atoms with van der Waals surface area (Å²) < 4.78 is 32.1. The fourth-order valence-corrected chi connectivity index (χ4v) is 4.47. The second kappa shape index (κ2) is 12.6. The normalized spacial score (nSPS) is 12.4. The van der Waals surface area contributed by atoms with Gasteiger partial charge in [-0.15, -0.1) is 0 Å². The number of rotatable bonds is 13. The number of anilines is 1. The molecule has 0 aliphatic carbocycles. The van der Waals surface area contributed by atoms with Crippen molar-refractivity contribution < 1.29 is 17.9 Å². The minimum absolute atomic E-state index is 0.00938. The molecular formula is C26H38N2O4S. The molecule has 0 aliphatic rings. The molecule has 0 fully saturated rings. The lowest BCUT2D eigenvalue weighted by Gasteiger charge is -2.23. The van der Waals surface area contributed by atoms with E-state index in [0.717, 1.165) is 24.8 Å². The van der Waals surface area contributed by atoms with Gasteiger partial charge in [-0.2, -0.15) is 0 Å². The molecule has 2 aromatic carbocycles. The Bertz CT molecular complexity index is 988. The highest BCUT2D eigenvalue weighted by molar-refractivity contribution is 7.92. The summed E-state index contributed by atoms with van der Waals surface area (Å²) in [5.41, 5.74) is 1.90. The van der Waals surface area contributed by atoms with Crippen LogP contribution >= 0.6 is 0 Å². The molecule has 33 heavy (non-hydrogen) atoms. The predicted octanol–water partition coefficient (Wildman–Crippen LogP) is 5.39. The van der Waals surface area contributed by atoms with Gasteiger partial charge in [0.25, 0.3) is 5.91 Å². The summed E-state index contributed by atoms with van der Waals surface area (Å²) in [4.78, 5) is 12.5. The van der Waals surface area contributed by atoms with Gasteiger partial charge in [0.15, 0.2) is 0 Å². The molecule has 0 radical (unpaired) electrons. The van der Waals surface area contributed by atoms with E-state index in [1.807, 2.05) is 19.9 Å². The van der Waals surface area contributed by atoms with Crippen molar-refractivity contribution in [1.29, 1.82) is 0 Å². The average molecular weight is 475 g/mol. The molecule has 7 heteroatoms. The molecule has 0 saturated carbocycles. The number of benzene rings is 2. The molecule has 6 nitrogen and oxygen atoms in total. The van der Waals surface area contributed by atoms with E-state index >= 15 is 0 Å². The third kappa shape index (κ3) is 8.72. The fourth-order valence-electron chi connectivity index (χ4n) is 3.59. The van der Waals surface area contributed by atoms with Gasteiger partial charge in [-0.05, 0) is 56.0 Å². The summed E-state index contributed by atoms with van der Waals surface area (Å²) in [6.07, 6.45) is 5.68. The largest absolute Gasteiger partial charge is 0.491 e. The number of nitrogens with one attached hydrogen (secondary N) is 1. The Balaban J connectivity index is 2.10. The number of carbonyl (C=O) groups is 1. The van der Waals surface area contributed by atoms with Gasteiger partial charge in [0.05, 0.1) is 24.6 Å². The maximum absolute atomic E-state index is 12.5. The first kappa shape index (κ1) is 26.7. The van der Waals surface area contributed by atoms with E-state index in [1.54, 1.807) is 42.5 Å². The standard InChI is InChI=1S/C26H38N2O4S/c1-6-8-10-21(7-2)18-27-26(29)23-15-13-22(14-16-23)19-28(33(5,30)31)24-11-9-12-25(17-24)32-20(3)4/h9,11-17,20-21H,6-8,10,18-19H2,1-5H3,(H,27,29)/t21-/m1/s1. The number of unbranched alkanes of at least 4 members (excludes halogenated alkanes) is 1. The predicted molar refractivity (Wildman–Crippen MR) is 135 cm³/mol. The number of hydrogen-bond acceptors (Lipinski definition) is 4. The minimum Gasteiger partial charge on any atom is -0.491 e. The first-order chi connectivity index (χ1) is 15.6. The summed E-state index contributed by atoms with van der Waals surface area (Å²) in [6.45, 7) is 9.01. The first-order valence-corrected chi connectivity index (χ1v) is 13.6. The molecule has 182 valence electrons. The molecule has 0 spiro atoms.